The van der Waals surface area contributed by atoms with E-state index in [-0.39, 0.29) is 0 Å². The molecule has 0 saturated heterocycles. The average Bonchev–Trinajstić information content (AvgIpc) is 2.52. The molecule has 20 heavy (non-hydrogen) atoms. The minimum Gasteiger partial charge on any atom is -0.356 e. The summed E-state index contributed by atoms with van der Waals surface area (Å²) < 4.78 is 0. The summed E-state index contributed by atoms with van der Waals surface area (Å²) in [5, 5.41) is 6.34. The van der Waals surface area contributed by atoms with Crippen LogP contribution in [-0.2, 0) is 4.79 Å². The predicted octanol–water partition coefficient (Wildman–Crippen LogP) is 3.49. The van der Waals surface area contributed by atoms with Crippen molar-refractivity contribution in [3.8, 4) is 0 Å². The predicted molar refractivity (Wildman–Crippen MR) is 85.7 cm³/mol. The normalized spacial score (nSPS) is 33.8. The maximum Gasteiger partial charge on any atom is 0.207 e. The van der Waals surface area contributed by atoms with Crippen LogP contribution in [0, 0.1) is 11.8 Å². The fourth-order valence-electron chi connectivity index (χ4n) is 3.82. The van der Waals surface area contributed by atoms with Crippen LogP contribution in [0.15, 0.2) is 0 Å². The third-order valence-corrected chi connectivity index (χ3v) is 5.07. The first-order valence-electron chi connectivity index (χ1n) is 8.68. The van der Waals surface area contributed by atoms with Crippen LogP contribution in [0.3, 0.4) is 0 Å². The van der Waals surface area contributed by atoms with Gasteiger partial charge in [0.25, 0.3) is 0 Å². The molecule has 2 fully saturated rings. The van der Waals surface area contributed by atoms with E-state index in [1.54, 1.807) is 0 Å². The van der Waals surface area contributed by atoms with Gasteiger partial charge in [-0.05, 0) is 76.7 Å². The van der Waals surface area contributed by atoms with Gasteiger partial charge in [0, 0.05) is 12.1 Å². The van der Waals surface area contributed by atoms with Gasteiger partial charge in [-0.1, -0.05) is 13.8 Å². The van der Waals surface area contributed by atoms with Crippen molar-refractivity contribution in [2.24, 2.45) is 11.8 Å². The summed E-state index contributed by atoms with van der Waals surface area (Å²) in [4.78, 5) is 10.4. The molecule has 0 aromatic rings. The van der Waals surface area contributed by atoms with Crippen molar-refractivity contribution >= 4 is 6.41 Å². The number of carbonyl (C=O) groups is 1. The summed E-state index contributed by atoms with van der Waals surface area (Å²) in [6, 6.07) is 1.23. The maximum absolute atomic E-state index is 10.4. The molecule has 1 amide bonds. The Balaban J connectivity index is 0.000000956. The molecule has 0 atom stereocenters. The third-order valence-electron chi connectivity index (χ3n) is 5.07. The summed E-state index contributed by atoms with van der Waals surface area (Å²) in [6.45, 7) is 4.00. The van der Waals surface area contributed by atoms with E-state index in [0.717, 1.165) is 24.3 Å². The molecule has 2 N–H and O–H groups in total. The fourth-order valence-corrected chi connectivity index (χ4v) is 3.82. The molecule has 118 valence electrons. The van der Waals surface area contributed by atoms with E-state index in [1.165, 1.54) is 57.8 Å². The highest BCUT2D eigenvalue weighted by atomic mass is 16.1. The number of amides is 1. The molecule has 2 aliphatic carbocycles. The van der Waals surface area contributed by atoms with Crippen LogP contribution in [-0.4, -0.2) is 25.5 Å². The molecule has 0 radical (unpaired) electrons. The maximum atomic E-state index is 10.4. The monoisotopic (exact) mass is 282 g/mol. The Morgan fingerprint density at radius 1 is 0.850 bits per heavy atom. The van der Waals surface area contributed by atoms with Crippen molar-refractivity contribution in [2.75, 3.05) is 7.05 Å². The lowest BCUT2D eigenvalue weighted by Crippen LogP contribution is -2.33. The largest absolute Gasteiger partial charge is 0.356 e. The van der Waals surface area contributed by atoms with Crippen LogP contribution in [0.5, 0.6) is 0 Å². The van der Waals surface area contributed by atoms with Crippen LogP contribution >= 0.6 is 0 Å². The van der Waals surface area contributed by atoms with Gasteiger partial charge < -0.3 is 10.6 Å². The Morgan fingerprint density at radius 3 is 1.70 bits per heavy atom. The number of nitrogens with one attached hydrogen (secondary N) is 2. The zero-order chi connectivity index (χ0) is 14.8. The Hall–Kier alpha value is -0.570. The molecule has 0 aromatic carbocycles. The summed E-state index contributed by atoms with van der Waals surface area (Å²) in [5.74, 6) is 1.89. The number of rotatable bonds is 5. The van der Waals surface area contributed by atoms with Gasteiger partial charge >= 0.3 is 0 Å². The first-order chi connectivity index (χ1) is 9.81. The van der Waals surface area contributed by atoms with E-state index in [1.807, 2.05) is 13.8 Å². The highest BCUT2D eigenvalue weighted by molar-refractivity contribution is 5.46. The molecule has 0 spiro atoms. The molecule has 2 rings (SSSR count). The van der Waals surface area contributed by atoms with Gasteiger partial charge in [0.2, 0.25) is 6.41 Å². The number of hydrogen-bond acceptors (Lipinski definition) is 2. The molecule has 0 aliphatic heterocycles. The van der Waals surface area contributed by atoms with Crippen molar-refractivity contribution in [1.29, 1.82) is 0 Å². The third kappa shape index (κ3) is 5.82. The van der Waals surface area contributed by atoms with Crippen LogP contribution in [0.25, 0.3) is 0 Å². The highest BCUT2D eigenvalue weighted by Crippen LogP contribution is 2.35. The molecule has 2 aliphatic rings. The summed E-state index contributed by atoms with van der Waals surface area (Å²) >= 11 is 0. The summed E-state index contributed by atoms with van der Waals surface area (Å²) in [6.07, 6.45) is 12.9. The zero-order valence-electron chi connectivity index (χ0n) is 13.7. The summed E-state index contributed by atoms with van der Waals surface area (Å²) in [5.41, 5.74) is 0. The first kappa shape index (κ1) is 17.5. The quantitative estimate of drug-likeness (QED) is 0.758. The zero-order valence-corrected chi connectivity index (χ0v) is 13.7. The van der Waals surface area contributed by atoms with E-state index < -0.39 is 0 Å². The number of hydrogen-bond donors (Lipinski definition) is 2. The molecule has 0 aromatic heterocycles. The lowest BCUT2D eigenvalue weighted by molar-refractivity contribution is -0.110. The molecule has 0 unspecified atom stereocenters. The second kappa shape index (κ2) is 10.2. The molecular formula is C17H34N2O. The van der Waals surface area contributed by atoms with Crippen LogP contribution in [0.4, 0.5) is 0 Å². The second-order valence-electron chi connectivity index (χ2n) is 6.24. The minimum atomic E-state index is 0.457. The standard InChI is InChI=1S/C15H28N2O.C2H6/c1-16-14-6-2-12(3-7-14)10-13-4-8-15(9-5-13)17-11-18;1-2/h11-16H,2-10H2,1H3,(H,17,18);1-2H3. The molecule has 3 heteroatoms. The van der Waals surface area contributed by atoms with Crippen molar-refractivity contribution in [1.82, 2.24) is 10.6 Å². The smallest absolute Gasteiger partial charge is 0.207 e. The Kier molecular flexibility index (Phi) is 8.92. The Labute approximate surface area is 125 Å². The number of carbonyl (C=O) groups excluding carboxylic acids is 1. The molecule has 3 nitrogen and oxygen atoms in total. The van der Waals surface area contributed by atoms with Crippen LogP contribution in [0.1, 0.15) is 71.6 Å². The van der Waals surface area contributed by atoms with E-state index in [4.69, 9.17) is 0 Å². The lowest BCUT2D eigenvalue weighted by atomic mass is 9.76. The van der Waals surface area contributed by atoms with E-state index >= 15 is 0 Å². The van der Waals surface area contributed by atoms with Gasteiger partial charge in [-0.25, -0.2) is 0 Å². The van der Waals surface area contributed by atoms with Gasteiger partial charge in [0.1, 0.15) is 0 Å². The van der Waals surface area contributed by atoms with Gasteiger partial charge in [0.05, 0.1) is 0 Å². The van der Waals surface area contributed by atoms with Crippen LogP contribution < -0.4 is 10.6 Å². The van der Waals surface area contributed by atoms with E-state index in [2.05, 4.69) is 17.7 Å². The molecule has 0 heterocycles. The van der Waals surface area contributed by atoms with Gasteiger partial charge in [-0.3, -0.25) is 4.79 Å². The molecule has 2 saturated carbocycles. The van der Waals surface area contributed by atoms with Gasteiger partial charge in [0.15, 0.2) is 0 Å². The Bertz CT molecular complexity index is 241. The van der Waals surface area contributed by atoms with Gasteiger partial charge in [-0.2, -0.15) is 0 Å². The topological polar surface area (TPSA) is 41.1 Å². The van der Waals surface area contributed by atoms with E-state index in [0.29, 0.717) is 6.04 Å². The second-order valence-corrected chi connectivity index (χ2v) is 6.24. The molecular weight excluding hydrogens is 248 g/mol. The van der Waals surface area contributed by atoms with Crippen molar-refractivity contribution in [2.45, 2.75) is 83.7 Å². The van der Waals surface area contributed by atoms with Crippen LogP contribution in [0.2, 0.25) is 0 Å². The summed E-state index contributed by atoms with van der Waals surface area (Å²) in [7, 11) is 2.09. The van der Waals surface area contributed by atoms with Crippen molar-refractivity contribution < 1.29 is 4.79 Å². The minimum absolute atomic E-state index is 0.457. The van der Waals surface area contributed by atoms with E-state index in [9.17, 15) is 4.79 Å². The van der Waals surface area contributed by atoms with Gasteiger partial charge in [-0.15, -0.1) is 0 Å². The molecule has 0 bridgehead atoms. The lowest BCUT2D eigenvalue weighted by Gasteiger charge is -2.34. The van der Waals surface area contributed by atoms with Crippen molar-refractivity contribution in [3.05, 3.63) is 0 Å². The highest BCUT2D eigenvalue weighted by Gasteiger charge is 2.26. The van der Waals surface area contributed by atoms with Crippen molar-refractivity contribution in [3.63, 3.8) is 0 Å². The fraction of sp³-hybridized carbons (Fsp3) is 0.941. The average molecular weight is 282 g/mol. The first-order valence-corrected chi connectivity index (χ1v) is 8.68. The SMILES string of the molecule is CC.CNC1CCC(CC2CCC(NC=O)CC2)CC1. The Morgan fingerprint density at radius 2 is 1.30 bits per heavy atom.